The summed E-state index contributed by atoms with van der Waals surface area (Å²) in [6.45, 7) is 6.24. The summed E-state index contributed by atoms with van der Waals surface area (Å²) >= 11 is 6.07. The highest BCUT2D eigenvalue weighted by Crippen LogP contribution is 2.36. The minimum absolute atomic E-state index is 0.313. The molecule has 0 atom stereocenters. The van der Waals surface area contributed by atoms with Gasteiger partial charge in [0.2, 0.25) is 0 Å². The van der Waals surface area contributed by atoms with Crippen LogP contribution in [0.3, 0.4) is 0 Å². The monoisotopic (exact) mass is 399 g/mol. The third kappa shape index (κ3) is 3.75. The molecular formula is C20H21N3O2S2. The number of pyridine rings is 1. The van der Waals surface area contributed by atoms with Crippen molar-refractivity contribution in [3.8, 4) is 10.4 Å². The smallest absolute Gasteiger partial charge is 0.414 e. The molecule has 1 N–H and O–H groups in total. The average Bonchev–Trinajstić information content (AvgIpc) is 3.31. The Morgan fingerprint density at radius 1 is 1.33 bits per heavy atom. The van der Waals surface area contributed by atoms with Gasteiger partial charge in [0.25, 0.3) is 0 Å². The second-order valence-electron chi connectivity index (χ2n) is 7.52. The molecular weight excluding hydrogens is 378 g/mol. The van der Waals surface area contributed by atoms with Gasteiger partial charge in [-0.05, 0) is 57.0 Å². The minimum Gasteiger partial charge on any atom is -0.443 e. The van der Waals surface area contributed by atoms with Gasteiger partial charge in [-0.2, -0.15) is 0 Å². The molecule has 0 saturated carbocycles. The van der Waals surface area contributed by atoms with Gasteiger partial charge in [0.05, 0.1) is 4.21 Å². The summed E-state index contributed by atoms with van der Waals surface area (Å²) in [5.41, 5.74) is 3.54. The molecule has 3 aromatic rings. The number of rotatable bonds is 2. The zero-order chi connectivity index (χ0) is 19.2. The Kier molecular flexibility index (Phi) is 4.52. The molecule has 3 aromatic heterocycles. The summed E-state index contributed by atoms with van der Waals surface area (Å²) in [5, 5.41) is 1.07. The molecule has 1 aliphatic rings. The Morgan fingerprint density at radius 2 is 2.15 bits per heavy atom. The van der Waals surface area contributed by atoms with Crippen molar-refractivity contribution in [2.45, 2.75) is 37.0 Å². The van der Waals surface area contributed by atoms with E-state index in [0.717, 1.165) is 43.4 Å². The van der Waals surface area contributed by atoms with Crippen LogP contribution in [0.5, 0.6) is 0 Å². The van der Waals surface area contributed by atoms with Crippen LogP contribution in [0.2, 0.25) is 0 Å². The lowest BCUT2D eigenvalue weighted by Crippen LogP contribution is -2.32. The molecule has 4 heterocycles. The van der Waals surface area contributed by atoms with Gasteiger partial charge in [-0.25, -0.2) is 9.78 Å². The fourth-order valence-corrected chi connectivity index (χ4v) is 4.27. The van der Waals surface area contributed by atoms with Crippen molar-refractivity contribution in [3.63, 3.8) is 0 Å². The predicted molar refractivity (Wildman–Crippen MR) is 112 cm³/mol. The largest absolute Gasteiger partial charge is 0.443 e. The number of carbonyl (C=O) groups excluding carboxylic acids is 1. The van der Waals surface area contributed by atoms with Crippen LogP contribution >= 0.6 is 24.0 Å². The third-order valence-electron chi connectivity index (χ3n) is 4.30. The SMILES string of the molecule is CC(C)(C)OC(=O)N1C=C(c2cc3c(-c4ccc(S)s4)ccnc3[nH]2)CC1. The van der Waals surface area contributed by atoms with Gasteiger partial charge in [0, 0.05) is 40.5 Å². The number of hydrogen-bond acceptors (Lipinski definition) is 5. The van der Waals surface area contributed by atoms with Gasteiger partial charge in [0.15, 0.2) is 0 Å². The Balaban J connectivity index is 1.65. The normalized spacial score (nSPS) is 14.7. The van der Waals surface area contributed by atoms with Crippen molar-refractivity contribution in [1.82, 2.24) is 14.9 Å². The second kappa shape index (κ2) is 6.73. The molecule has 0 spiro atoms. The van der Waals surface area contributed by atoms with Crippen LogP contribution in [-0.2, 0) is 4.74 Å². The number of aromatic nitrogens is 2. The van der Waals surface area contributed by atoms with Gasteiger partial charge in [-0.15, -0.1) is 24.0 Å². The van der Waals surface area contributed by atoms with Gasteiger partial charge in [-0.3, -0.25) is 4.90 Å². The first-order chi connectivity index (χ1) is 12.8. The maximum absolute atomic E-state index is 12.3. The highest BCUT2D eigenvalue weighted by atomic mass is 32.2. The summed E-state index contributed by atoms with van der Waals surface area (Å²) in [4.78, 5) is 22.9. The van der Waals surface area contributed by atoms with Crippen molar-refractivity contribution in [1.29, 1.82) is 0 Å². The Labute approximate surface area is 167 Å². The summed E-state index contributed by atoms with van der Waals surface area (Å²) in [6.07, 6.45) is 4.15. The van der Waals surface area contributed by atoms with E-state index in [-0.39, 0.29) is 6.09 Å². The molecule has 0 unspecified atom stereocenters. The quantitative estimate of drug-likeness (QED) is 0.555. The lowest BCUT2D eigenvalue weighted by molar-refractivity contribution is 0.0349. The third-order valence-corrected chi connectivity index (χ3v) is 5.64. The molecule has 1 amide bonds. The van der Waals surface area contributed by atoms with Crippen molar-refractivity contribution in [2.24, 2.45) is 0 Å². The first-order valence-corrected chi connectivity index (χ1v) is 10.0. The summed E-state index contributed by atoms with van der Waals surface area (Å²) in [5.74, 6) is 0. The number of amides is 1. The first kappa shape index (κ1) is 18.1. The molecule has 0 saturated heterocycles. The van der Waals surface area contributed by atoms with Gasteiger partial charge in [0.1, 0.15) is 11.2 Å². The fourth-order valence-electron chi connectivity index (χ4n) is 3.11. The van der Waals surface area contributed by atoms with Gasteiger partial charge < -0.3 is 9.72 Å². The molecule has 140 valence electrons. The second-order valence-corrected chi connectivity index (χ2v) is 9.39. The van der Waals surface area contributed by atoms with E-state index in [1.54, 1.807) is 16.2 Å². The average molecular weight is 400 g/mol. The lowest BCUT2D eigenvalue weighted by Gasteiger charge is -2.23. The van der Waals surface area contributed by atoms with E-state index in [2.05, 4.69) is 34.7 Å². The van der Waals surface area contributed by atoms with Crippen molar-refractivity contribution >= 4 is 46.7 Å². The standard InChI is InChI=1S/C20H21N3O2S2/c1-20(2,3)25-19(24)23-9-7-12(11-23)15-10-14-13(6-8-21-18(14)22-15)16-4-5-17(26)27-16/h4-6,8,10-11,26H,7,9H2,1-3H3,(H,21,22). The fraction of sp³-hybridized carbons (Fsp3) is 0.300. The molecule has 0 bridgehead atoms. The predicted octanol–water partition coefficient (Wildman–Crippen LogP) is 5.56. The van der Waals surface area contributed by atoms with Crippen LogP contribution in [0.1, 0.15) is 32.9 Å². The number of carbonyl (C=O) groups is 1. The molecule has 5 nitrogen and oxygen atoms in total. The van der Waals surface area contributed by atoms with E-state index in [1.807, 2.05) is 45.3 Å². The number of thiophene rings is 1. The van der Waals surface area contributed by atoms with Gasteiger partial charge >= 0.3 is 6.09 Å². The van der Waals surface area contributed by atoms with E-state index < -0.39 is 5.60 Å². The zero-order valence-corrected chi connectivity index (χ0v) is 17.2. The number of hydrogen-bond donors (Lipinski definition) is 2. The van der Waals surface area contributed by atoms with Crippen LogP contribution in [0.15, 0.2) is 40.9 Å². The van der Waals surface area contributed by atoms with E-state index >= 15 is 0 Å². The number of H-pyrrole nitrogens is 1. The van der Waals surface area contributed by atoms with E-state index in [1.165, 1.54) is 0 Å². The molecule has 1 aliphatic heterocycles. The van der Waals surface area contributed by atoms with Crippen LogP contribution in [0.4, 0.5) is 4.79 Å². The highest BCUT2D eigenvalue weighted by molar-refractivity contribution is 7.83. The molecule has 0 fully saturated rings. The van der Waals surface area contributed by atoms with E-state index in [9.17, 15) is 4.79 Å². The Hall–Kier alpha value is -2.25. The molecule has 0 aliphatic carbocycles. The minimum atomic E-state index is -0.500. The van der Waals surface area contributed by atoms with Crippen LogP contribution in [0, 0.1) is 0 Å². The van der Waals surface area contributed by atoms with Gasteiger partial charge in [-0.1, -0.05) is 0 Å². The Bertz CT molecular complexity index is 1040. The lowest BCUT2D eigenvalue weighted by atomic mass is 10.1. The maximum atomic E-state index is 12.3. The number of ether oxygens (including phenoxy) is 1. The van der Waals surface area contributed by atoms with E-state index in [4.69, 9.17) is 4.74 Å². The van der Waals surface area contributed by atoms with Crippen molar-refractivity contribution in [2.75, 3.05) is 6.54 Å². The molecule has 27 heavy (non-hydrogen) atoms. The molecule has 7 heteroatoms. The first-order valence-electron chi connectivity index (χ1n) is 8.78. The topological polar surface area (TPSA) is 58.2 Å². The van der Waals surface area contributed by atoms with Crippen LogP contribution < -0.4 is 0 Å². The zero-order valence-electron chi connectivity index (χ0n) is 15.4. The number of fused-ring (bicyclic) bond motifs is 1. The van der Waals surface area contributed by atoms with Crippen LogP contribution in [0.25, 0.3) is 27.0 Å². The highest BCUT2D eigenvalue weighted by Gasteiger charge is 2.25. The van der Waals surface area contributed by atoms with Crippen molar-refractivity contribution in [3.05, 3.63) is 42.4 Å². The number of aromatic amines is 1. The van der Waals surface area contributed by atoms with Crippen molar-refractivity contribution < 1.29 is 9.53 Å². The summed E-state index contributed by atoms with van der Waals surface area (Å²) in [7, 11) is 0. The van der Waals surface area contributed by atoms with E-state index in [0.29, 0.717) is 6.54 Å². The summed E-state index contributed by atoms with van der Waals surface area (Å²) in [6, 6.07) is 8.21. The number of nitrogens with one attached hydrogen (secondary N) is 1. The number of nitrogens with zero attached hydrogens (tertiary/aromatic N) is 2. The number of thiol groups is 1. The van der Waals surface area contributed by atoms with Crippen LogP contribution in [-0.4, -0.2) is 33.1 Å². The maximum Gasteiger partial charge on any atom is 0.414 e. The summed E-state index contributed by atoms with van der Waals surface area (Å²) < 4.78 is 6.44. The molecule has 0 radical (unpaired) electrons. The Morgan fingerprint density at radius 3 is 2.85 bits per heavy atom. The molecule has 0 aromatic carbocycles. The molecule has 4 rings (SSSR count).